The van der Waals surface area contributed by atoms with Crippen LogP contribution in [0.2, 0.25) is 0 Å². The molecule has 0 unspecified atom stereocenters. The normalized spacial score (nSPS) is 12.6. The summed E-state index contributed by atoms with van der Waals surface area (Å²) in [6, 6.07) is 6.08. The molecule has 1 rings (SSSR count). The van der Waals surface area contributed by atoms with Gasteiger partial charge in [0.05, 0.1) is 0 Å². The molecular formula is C8H5F5O. The van der Waals surface area contributed by atoms with Gasteiger partial charge in [-0.05, 0) is 12.1 Å². The minimum absolute atomic E-state index is 0.533. The van der Waals surface area contributed by atoms with Crippen LogP contribution in [0.5, 0.6) is 5.75 Å². The maximum atomic E-state index is 12.3. The van der Waals surface area contributed by atoms with Crippen molar-refractivity contribution in [3.8, 4) is 5.75 Å². The van der Waals surface area contributed by atoms with Gasteiger partial charge in [0.15, 0.2) is 0 Å². The lowest BCUT2D eigenvalue weighted by Crippen LogP contribution is -2.41. The Labute approximate surface area is 76.1 Å². The maximum Gasteiger partial charge on any atom is 0.499 e. The van der Waals surface area contributed by atoms with Crippen molar-refractivity contribution in [2.75, 3.05) is 0 Å². The molecule has 0 saturated heterocycles. The lowest BCUT2D eigenvalue weighted by Gasteiger charge is -2.19. The molecule has 0 radical (unpaired) electrons. The third-order valence-corrected chi connectivity index (χ3v) is 1.32. The Morgan fingerprint density at radius 3 is 1.79 bits per heavy atom. The van der Waals surface area contributed by atoms with Gasteiger partial charge in [0, 0.05) is 0 Å². The first-order chi connectivity index (χ1) is 6.33. The Kier molecular flexibility index (Phi) is 2.64. The summed E-state index contributed by atoms with van der Waals surface area (Å²) in [7, 11) is 0. The summed E-state index contributed by atoms with van der Waals surface area (Å²) in [6.45, 7) is 0. The first-order valence-corrected chi connectivity index (χ1v) is 3.51. The van der Waals surface area contributed by atoms with Gasteiger partial charge in [0.2, 0.25) is 0 Å². The van der Waals surface area contributed by atoms with Crippen LogP contribution in [0.15, 0.2) is 30.3 Å². The van der Waals surface area contributed by atoms with Crippen LogP contribution < -0.4 is 4.74 Å². The van der Waals surface area contributed by atoms with E-state index in [1.54, 1.807) is 0 Å². The fourth-order valence-electron chi connectivity index (χ4n) is 0.694. The Bertz CT molecular complexity index is 292. The van der Waals surface area contributed by atoms with Gasteiger partial charge < -0.3 is 4.74 Å². The zero-order valence-corrected chi connectivity index (χ0v) is 6.68. The van der Waals surface area contributed by atoms with E-state index in [0.29, 0.717) is 0 Å². The third kappa shape index (κ3) is 2.34. The van der Waals surface area contributed by atoms with Gasteiger partial charge in [-0.25, -0.2) is 0 Å². The summed E-state index contributed by atoms with van der Waals surface area (Å²) in [5, 5.41) is 0. The number of para-hydroxylation sites is 1. The number of alkyl halides is 5. The quantitative estimate of drug-likeness (QED) is 0.684. The topological polar surface area (TPSA) is 9.23 Å². The van der Waals surface area contributed by atoms with Gasteiger partial charge in [-0.1, -0.05) is 18.2 Å². The Balaban J connectivity index is 2.79. The molecule has 14 heavy (non-hydrogen) atoms. The molecule has 0 saturated carbocycles. The van der Waals surface area contributed by atoms with Gasteiger partial charge in [-0.2, -0.15) is 22.0 Å². The average Bonchev–Trinajstić information content (AvgIpc) is 2.03. The zero-order valence-electron chi connectivity index (χ0n) is 6.68. The van der Waals surface area contributed by atoms with Crippen LogP contribution >= 0.6 is 0 Å². The van der Waals surface area contributed by atoms with Crippen molar-refractivity contribution >= 4 is 0 Å². The second-order valence-electron chi connectivity index (χ2n) is 2.43. The second-order valence-corrected chi connectivity index (χ2v) is 2.43. The number of rotatable bonds is 2. The number of hydrogen-bond acceptors (Lipinski definition) is 1. The monoisotopic (exact) mass is 212 g/mol. The summed E-state index contributed by atoms with van der Waals surface area (Å²) in [5.41, 5.74) is 0. The first-order valence-electron chi connectivity index (χ1n) is 3.51. The Morgan fingerprint density at radius 2 is 1.36 bits per heavy atom. The molecule has 0 atom stereocenters. The van der Waals surface area contributed by atoms with E-state index in [-0.39, 0.29) is 0 Å². The molecule has 1 aromatic carbocycles. The fourth-order valence-corrected chi connectivity index (χ4v) is 0.694. The summed E-state index contributed by atoms with van der Waals surface area (Å²) in [5.74, 6) is -0.533. The number of benzene rings is 1. The molecule has 0 bridgehead atoms. The van der Waals surface area contributed by atoms with Gasteiger partial charge >= 0.3 is 12.3 Å². The highest BCUT2D eigenvalue weighted by molar-refractivity contribution is 5.21. The fraction of sp³-hybridized carbons (Fsp3) is 0.250. The van der Waals surface area contributed by atoms with Crippen molar-refractivity contribution in [3.63, 3.8) is 0 Å². The van der Waals surface area contributed by atoms with Crippen molar-refractivity contribution in [2.24, 2.45) is 0 Å². The predicted molar refractivity (Wildman–Crippen MR) is 38.1 cm³/mol. The van der Waals surface area contributed by atoms with Crippen LogP contribution in [-0.4, -0.2) is 12.3 Å². The van der Waals surface area contributed by atoms with E-state index >= 15 is 0 Å². The molecule has 0 aromatic heterocycles. The molecule has 1 nitrogen and oxygen atoms in total. The smallest absolute Gasteiger partial charge is 0.426 e. The van der Waals surface area contributed by atoms with Gasteiger partial charge in [0.1, 0.15) is 5.75 Å². The van der Waals surface area contributed by atoms with E-state index < -0.39 is 18.0 Å². The zero-order chi connectivity index (χ0) is 10.8. The van der Waals surface area contributed by atoms with Crippen LogP contribution in [0.25, 0.3) is 0 Å². The van der Waals surface area contributed by atoms with Gasteiger partial charge in [-0.3, -0.25) is 0 Å². The van der Waals surface area contributed by atoms with Gasteiger partial charge in [-0.15, -0.1) is 0 Å². The molecule has 0 amide bonds. The highest BCUT2D eigenvalue weighted by atomic mass is 19.4. The SMILES string of the molecule is FC(F)(F)C(F)(F)Oc1ccccc1. The van der Waals surface area contributed by atoms with Crippen molar-refractivity contribution in [2.45, 2.75) is 12.3 Å². The lowest BCUT2D eigenvalue weighted by atomic mass is 10.3. The molecule has 6 heteroatoms. The van der Waals surface area contributed by atoms with Crippen LogP contribution in [-0.2, 0) is 0 Å². The number of ether oxygens (including phenoxy) is 1. The predicted octanol–water partition coefficient (Wildman–Crippen LogP) is 3.22. The molecule has 1 aromatic rings. The van der Waals surface area contributed by atoms with E-state index in [4.69, 9.17) is 0 Å². The molecule has 0 N–H and O–H groups in total. The van der Waals surface area contributed by atoms with E-state index in [0.717, 1.165) is 12.1 Å². The van der Waals surface area contributed by atoms with E-state index in [9.17, 15) is 22.0 Å². The van der Waals surface area contributed by atoms with Crippen LogP contribution in [0.3, 0.4) is 0 Å². The minimum Gasteiger partial charge on any atom is -0.426 e. The summed E-state index contributed by atoms with van der Waals surface area (Å²) < 4.78 is 63.0. The van der Waals surface area contributed by atoms with Crippen molar-refractivity contribution in [3.05, 3.63) is 30.3 Å². The van der Waals surface area contributed by atoms with Crippen molar-refractivity contribution in [1.82, 2.24) is 0 Å². The summed E-state index contributed by atoms with van der Waals surface area (Å²) in [4.78, 5) is 0. The van der Waals surface area contributed by atoms with Crippen molar-refractivity contribution in [1.29, 1.82) is 0 Å². The summed E-state index contributed by atoms with van der Waals surface area (Å²) in [6.07, 6.45) is -10.9. The third-order valence-electron chi connectivity index (χ3n) is 1.32. The number of halogens is 5. The highest BCUT2D eigenvalue weighted by Gasteiger charge is 2.61. The van der Waals surface area contributed by atoms with Crippen molar-refractivity contribution < 1.29 is 26.7 Å². The summed E-state index contributed by atoms with van der Waals surface area (Å²) >= 11 is 0. The van der Waals surface area contributed by atoms with Crippen LogP contribution in [0.1, 0.15) is 0 Å². The number of hydrogen-bond donors (Lipinski definition) is 0. The van der Waals surface area contributed by atoms with E-state index in [2.05, 4.69) is 4.74 Å². The maximum absolute atomic E-state index is 12.3. The Morgan fingerprint density at radius 1 is 0.857 bits per heavy atom. The highest BCUT2D eigenvalue weighted by Crippen LogP contribution is 2.36. The second kappa shape index (κ2) is 3.43. The van der Waals surface area contributed by atoms with Crippen LogP contribution in [0, 0.1) is 0 Å². The molecule has 0 fully saturated rings. The van der Waals surface area contributed by atoms with Gasteiger partial charge in [0.25, 0.3) is 0 Å². The first kappa shape index (κ1) is 10.7. The molecule has 0 aliphatic heterocycles. The molecule has 0 heterocycles. The van der Waals surface area contributed by atoms with Crippen LogP contribution in [0.4, 0.5) is 22.0 Å². The molecule has 0 aliphatic rings. The molecular weight excluding hydrogens is 207 g/mol. The average molecular weight is 212 g/mol. The lowest BCUT2D eigenvalue weighted by molar-refractivity contribution is -0.360. The molecule has 0 aliphatic carbocycles. The van der Waals surface area contributed by atoms with E-state index in [1.807, 2.05) is 0 Å². The molecule has 0 spiro atoms. The van der Waals surface area contributed by atoms with E-state index in [1.165, 1.54) is 18.2 Å². The minimum atomic E-state index is -5.71. The largest absolute Gasteiger partial charge is 0.499 e. The molecule has 78 valence electrons. The Hall–Kier alpha value is -1.33. The standard InChI is InChI=1S/C8H5F5O/c9-7(10,11)8(12,13)14-6-4-2-1-3-5-6/h1-5H.